The lowest BCUT2D eigenvalue weighted by molar-refractivity contribution is 0.356. The molecule has 2 rings (SSSR count). The summed E-state index contributed by atoms with van der Waals surface area (Å²) >= 11 is 1.80. The van der Waals surface area contributed by atoms with Crippen molar-refractivity contribution in [2.45, 2.75) is 44.2 Å². The largest absolute Gasteiger partial charge is 0.366 e. The molecule has 0 amide bonds. The van der Waals surface area contributed by atoms with Gasteiger partial charge >= 0.3 is 0 Å². The van der Waals surface area contributed by atoms with E-state index in [2.05, 4.69) is 61.5 Å². The molecule has 0 radical (unpaired) electrons. The normalized spacial score (nSPS) is 23.9. The maximum Gasteiger partial charge on any atom is 0.0387 e. The van der Waals surface area contributed by atoms with Crippen molar-refractivity contribution in [2.75, 3.05) is 24.2 Å². The van der Waals surface area contributed by atoms with Gasteiger partial charge in [-0.15, -0.1) is 11.8 Å². The predicted molar refractivity (Wildman–Crippen MR) is 86.3 cm³/mol. The fourth-order valence-corrected chi connectivity index (χ4v) is 3.20. The van der Waals surface area contributed by atoms with Crippen LogP contribution in [0, 0.1) is 5.92 Å². The molecule has 0 aromatic heterocycles. The fraction of sp³-hybridized carbons (Fsp3) is 0.625. The third kappa shape index (κ3) is 3.90. The van der Waals surface area contributed by atoms with Crippen molar-refractivity contribution < 1.29 is 0 Å². The summed E-state index contributed by atoms with van der Waals surface area (Å²) in [6.45, 7) is 9.12. The van der Waals surface area contributed by atoms with Gasteiger partial charge in [0, 0.05) is 35.8 Å². The third-order valence-corrected chi connectivity index (χ3v) is 4.55. The van der Waals surface area contributed by atoms with Crippen LogP contribution >= 0.6 is 11.8 Å². The summed E-state index contributed by atoms with van der Waals surface area (Å²) in [4.78, 5) is 3.89. The third-order valence-electron chi connectivity index (χ3n) is 3.81. The highest BCUT2D eigenvalue weighted by Crippen LogP contribution is 2.24. The number of rotatable bonds is 4. The van der Waals surface area contributed by atoms with Gasteiger partial charge in [-0.1, -0.05) is 13.8 Å². The van der Waals surface area contributed by atoms with Crippen LogP contribution in [-0.4, -0.2) is 31.4 Å². The Kier molecular flexibility index (Phi) is 5.17. The lowest BCUT2D eigenvalue weighted by atomic mass is 9.99. The van der Waals surface area contributed by atoms with E-state index in [0.29, 0.717) is 12.1 Å². The van der Waals surface area contributed by atoms with E-state index in [1.165, 1.54) is 17.0 Å². The minimum absolute atomic E-state index is 0.573. The number of nitrogens with zero attached hydrogens (tertiary/aromatic N) is 1. The quantitative estimate of drug-likeness (QED) is 0.847. The second-order valence-corrected chi connectivity index (χ2v) is 6.81. The van der Waals surface area contributed by atoms with Crippen molar-refractivity contribution in [1.29, 1.82) is 0 Å². The molecule has 1 fully saturated rings. The van der Waals surface area contributed by atoms with E-state index in [9.17, 15) is 0 Å². The summed E-state index contributed by atoms with van der Waals surface area (Å²) in [6, 6.07) is 10.2. The van der Waals surface area contributed by atoms with Crippen LogP contribution in [0.3, 0.4) is 0 Å². The minimum atomic E-state index is 0.573. The van der Waals surface area contributed by atoms with Gasteiger partial charge in [0.2, 0.25) is 0 Å². The molecule has 19 heavy (non-hydrogen) atoms. The zero-order valence-electron chi connectivity index (χ0n) is 12.5. The first-order chi connectivity index (χ1) is 9.10. The van der Waals surface area contributed by atoms with Gasteiger partial charge in [0.05, 0.1) is 0 Å². The molecule has 1 N–H and O–H groups in total. The molecule has 0 saturated carbocycles. The van der Waals surface area contributed by atoms with Gasteiger partial charge in [-0.3, -0.25) is 0 Å². The first-order valence-corrected chi connectivity index (χ1v) is 8.46. The van der Waals surface area contributed by atoms with Gasteiger partial charge in [-0.05, 0) is 49.8 Å². The van der Waals surface area contributed by atoms with Crippen LogP contribution in [0.2, 0.25) is 0 Å². The zero-order chi connectivity index (χ0) is 13.8. The molecule has 1 aliphatic heterocycles. The Morgan fingerprint density at radius 2 is 2.00 bits per heavy atom. The first kappa shape index (κ1) is 14.7. The summed E-state index contributed by atoms with van der Waals surface area (Å²) in [6.07, 6.45) is 3.38. The standard InChI is InChI=1S/C16H26N2S/c1-12(2)9-14-11-18(13(3)10-17-14)15-5-7-16(19-4)8-6-15/h5-8,12-14,17H,9-11H2,1-4H3. The molecule has 0 bridgehead atoms. The highest BCUT2D eigenvalue weighted by molar-refractivity contribution is 7.98. The van der Waals surface area contributed by atoms with Gasteiger partial charge in [-0.25, -0.2) is 0 Å². The summed E-state index contributed by atoms with van der Waals surface area (Å²) in [5, 5.41) is 3.68. The van der Waals surface area contributed by atoms with Crippen LogP contribution in [0.1, 0.15) is 27.2 Å². The smallest absolute Gasteiger partial charge is 0.0387 e. The van der Waals surface area contributed by atoms with E-state index in [-0.39, 0.29) is 0 Å². The van der Waals surface area contributed by atoms with Crippen molar-refractivity contribution >= 4 is 17.4 Å². The number of benzene rings is 1. The molecule has 0 aliphatic carbocycles. The Morgan fingerprint density at radius 1 is 1.32 bits per heavy atom. The molecule has 1 saturated heterocycles. The van der Waals surface area contributed by atoms with E-state index in [1.807, 2.05) is 0 Å². The van der Waals surface area contributed by atoms with Crippen LogP contribution in [0.4, 0.5) is 5.69 Å². The molecule has 2 unspecified atom stereocenters. The summed E-state index contributed by atoms with van der Waals surface area (Å²) < 4.78 is 0. The van der Waals surface area contributed by atoms with Gasteiger partial charge in [0.15, 0.2) is 0 Å². The molecular formula is C16H26N2S. The highest BCUT2D eigenvalue weighted by Gasteiger charge is 2.25. The minimum Gasteiger partial charge on any atom is -0.366 e. The second-order valence-electron chi connectivity index (χ2n) is 5.93. The monoisotopic (exact) mass is 278 g/mol. The average molecular weight is 278 g/mol. The predicted octanol–water partition coefficient (Wildman–Crippen LogP) is 3.62. The molecular weight excluding hydrogens is 252 g/mol. The van der Waals surface area contributed by atoms with Crippen molar-refractivity contribution in [3.8, 4) is 0 Å². The first-order valence-electron chi connectivity index (χ1n) is 7.24. The van der Waals surface area contributed by atoms with Crippen LogP contribution in [-0.2, 0) is 0 Å². The van der Waals surface area contributed by atoms with Crippen LogP contribution in [0.15, 0.2) is 29.2 Å². The Labute approximate surface area is 122 Å². The Morgan fingerprint density at radius 3 is 2.58 bits per heavy atom. The molecule has 1 aromatic rings. The Hall–Kier alpha value is -0.670. The van der Waals surface area contributed by atoms with Gasteiger partial charge in [-0.2, -0.15) is 0 Å². The van der Waals surface area contributed by atoms with Crippen molar-refractivity contribution in [3.63, 3.8) is 0 Å². The molecule has 2 atom stereocenters. The van der Waals surface area contributed by atoms with Gasteiger partial charge < -0.3 is 10.2 Å². The summed E-state index contributed by atoms with van der Waals surface area (Å²) in [5.41, 5.74) is 1.36. The van der Waals surface area contributed by atoms with Gasteiger partial charge in [0.25, 0.3) is 0 Å². The molecule has 2 nitrogen and oxygen atoms in total. The topological polar surface area (TPSA) is 15.3 Å². The number of piperazine rings is 1. The lowest BCUT2D eigenvalue weighted by Crippen LogP contribution is -2.55. The SMILES string of the molecule is CSc1ccc(N2CC(CC(C)C)NCC2C)cc1. The van der Waals surface area contributed by atoms with E-state index >= 15 is 0 Å². The maximum absolute atomic E-state index is 3.68. The number of hydrogen-bond acceptors (Lipinski definition) is 3. The molecule has 1 aliphatic rings. The second kappa shape index (κ2) is 6.67. The van der Waals surface area contributed by atoms with Gasteiger partial charge in [0.1, 0.15) is 0 Å². The lowest BCUT2D eigenvalue weighted by Gasteiger charge is -2.41. The number of thioether (sulfide) groups is 1. The Balaban J connectivity index is 2.07. The maximum atomic E-state index is 3.68. The van der Waals surface area contributed by atoms with Crippen LogP contribution in [0.25, 0.3) is 0 Å². The Bertz CT molecular complexity index is 388. The zero-order valence-corrected chi connectivity index (χ0v) is 13.3. The van der Waals surface area contributed by atoms with E-state index in [1.54, 1.807) is 11.8 Å². The van der Waals surface area contributed by atoms with E-state index in [0.717, 1.165) is 19.0 Å². The summed E-state index contributed by atoms with van der Waals surface area (Å²) in [5.74, 6) is 0.756. The molecule has 1 heterocycles. The average Bonchev–Trinajstić information content (AvgIpc) is 2.40. The molecule has 0 spiro atoms. The van der Waals surface area contributed by atoms with Crippen LogP contribution < -0.4 is 10.2 Å². The van der Waals surface area contributed by atoms with Crippen molar-refractivity contribution in [2.24, 2.45) is 5.92 Å². The fourth-order valence-electron chi connectivity index (χ4n) is 2.79. The molecule has 3 heteroatoms. The molecule has 106 valence electrons. The number of anilines is 1. The van der Waals surface area contributed by atoms with E-state index < -0.39 is 0 Å². The summed E-state index contributed by atoms with van der Waals surface area (Å²) in [7, 11) is 0. The number of nitrogens with one attached hydrogen (secondary N) is 1. The highest BCUT2D eigenvalue weighted by atomic mass is 32.2. The van der Waals surface area contributed by atoms with Crippen LogP contribution in [0.5, 0.6) is 0 Å². The van der Waals surface area contributed by atoms with Crippen molar-refractivity contribution in [1.82, 2.24) is 5.32 Å². The van der Waals surface area contributed by atoms with E-state index in [4.69, 9.17) is 0 Å². The molecule has 1 aromatic carbocycles. The number of hydrogen-bond donors (Lipinski definition) is 1. The van der Waals surface area contributed by atoms with Crippen molar-refractivity contribution in [3.05, 3.63) is 24.3 Å².